The average molecular weight is 293 g/mol. The third-order valence-corrected chi connectivity index (χ3v) is 4.27. The number of imide groups is 2. The van der Waals surface area contributed by atoms with E-state index in [2.05, 4.69) is 5.32 Å². The molecule has 2 aliphatic heterocycles. The summed E-state index contributed by atoms with van der Waals surface area (Å²) in [4.78, 5) is 48.7. The van der Waals surface area contributed by atoms with Gasteiger partial charge in [-0.2, -0.15) is 0 Å². The van der Waals surface area contributed by atoms with Gasteiger partial charge in [0.15, 0.2) is 0 Å². The molecule has 3 N–H and O–H groups in total. The fraction of sp³-hybridized carbons (Fsp3) is 0.333. The zero-order chi connectivity index (χ0) is 14.4. The highest BCUT2D eigenvalue weighted by molar-refractivity contribution is 7.14. The standard InChI is InChI=1S/C12H11N3O4S/c13-9-8-5(4-20-9)11(18)15(12(8)19)6-2-1-3-7(16)14-10(6)17/h4,6H,1-3,13H2,(H,14,16,17)/t6-/m0/s1. The number of amides is 4. The molecule has 1 atom stereocenters. The lowest BCUT2D eigenvalue weighted by Gasteiger charge is -2.23. The van der Waals surface area contributed by atoms with Gasteiger partial charge in [-0.3, -0.25) is 29.4 Å². The van der Waals surface area contributed by atoms with Crippen molar-refractivity contribution in [3.8, 4) is 0 Å². The van der Waals surface area contributed by atoms with Crippen LogP contribution in [-0.4, -0.2) is 34.6 Å². The van der Waals surface area contributed by atoms with Gasteiger partial charge in [0.05, 0.1) is 16.1 Å². The number of fused-ring (bicyclic) bond motifs is 1. The summed E-state index contributed by atoms with van der Waals surface area (Å²) in [6.07, 6.45) is 0.937. The van der Waals surface area contributed by atoms with Crippen molar-refractivity contribution in [2.75, 3.05) is 5.73 Å². The molecule has 0 unspecified atom stereocenters. The van der Waals surface area contributed by atoms with Crippen LogP contribution in [0.4, 0.5) is 5.00 Å². The SMILES string of the molecule is Nc1scc2c1C(=O)N([C@H]1CCCC(=O)NC1=O)C2=O. The molecule has 20 heavy (non-hydrogen) atoms. The number of nitrogens with one attached hydrogen (secondary N) is 1. The number of carbonyl (C=O) groups is 4. The Balaban J connectivity index is 1.96. The molecule has 7 nitrogen and oxygen atoms in total. The second kappa shape index (κ2) is 4.41. The first-order valence-corrected chi connectivity index (χ1v) is 6.97. The minimum absolute atomic E-state index is 0.170. The Morgan fingerprint density at radius 3 is 2.70 bits per heavy atom. The molecular formula is C12H11N3O4S. The molecule has 1 aromatic rings. The summed E-state index contributed by atoms with van der Waals surface area (Å²) in [5, 5.41) is 3.98. The van der Waals surface area contributed by atoms with E-state index in [1.807, 2.05) is 0 Å². The van der Waals surface area contributed by atoms with Crippen LogP contribution >= 0.6 is 11.3 Å². The summed E-state index contributed by atoms with van der Waals surface area (Å²) >= 11 is 1.12. The third kappa shape index (κ3) is 1.72. The zero-order valence-corrected chi connectivity index (χ0v) is 11.2. The summed E-state index contributed by atoms with van der Waals surface area (Å²) in [6, 6.07) is -0.946. The van der Waals surface area contributed by atoms with Gasteiger partial charge in [-0.25, -0.2) is 0 Å². The number of nitrogens with two attached hydrogens (primary N) is 1. The highest BCUT2D eigenvalue weighted by Crippen LogP contribution is 2.35. The molecule has 1 saturated heterocycles. The molecule has 0 saturated carbocycles. The average Bonchev–Trinajstić information content (AvgIpc) is 2.82. The number of carbonyl (C=O) groups excluding carboxylic acids is 4. The largest absolute Gasteiger partial charge is 0.390 e. The van der Waals surface area contributed by atoms with Crippen molar-refractivity contribution in [3.63, 3.8) is 0 Å². The molecule has 1 fully saturated rings. The van der Waals surface area contributed by atoms with Crippen LogP contribution in [0.25, 0.3) is 0 Å². The van der Waals surface area contributed by atoms with Crippen LogP contribution < -0.4 is 11.1 Å². The van der Waals surface area contributed by atoms with Crippen LogP contribution in [0.15, 0.2) is 5.38 Å². The third-order valence-electron chi connectivity index (χ3n) is 3.46. The molecule has 4 amide bonds. The highest BCUT2D eigenvalue weighted by Gasteiger charge is 2.45. The Hall–Kier alpha value is -2.22. The second-order valence-corrected chi connectivity index (χ2v) is 5.60. The predicted octanol–water partition coefficient (Wildman–Crippen LogP) is 0.122. The minimum atomic E-state index is -0.946. The van der Waals surface area contributed by atoms with Gasteiger partial charge in [0.25, 0.3) is 11.8 Å². The molecule has 8 heteroatoms. The Morgan fingerprint density at radius 2 is 2.00 bits per heavy atom. The molecule has 0 aromatic carbocycles. The Bertz CT molecular complexity index is 651. The topological polar surface area (TPSA) is 110 Å². The molecule has 2 aliphatic rings. The number of hydrogen-bond acceptors (Lipinski definition) is 6. The van der Waals surface area contributed by atoms with E-state index in [4.69, 9.17) is 5.73 Å². The molecule has 0 bridgehead atoms. The first kappa shape index (κ1) is 12.8. The summed E-state index contributed by atoms with van der Waals surface area (Å²) in [5.74, 6) is -2.07. The van der Waals surface area contributed by atoms with E-state index in [9.17, 15) is 19.2 Å². The van der Waals surface area contributed by atoms with Gasteiger partial charge in [0.1, 0.15) is 6.04 Å². The van der Waals surface area contributed by atoms with Crippen LogP contribution in [0.5, 0.6) is 0 Å². The highest BCUT2D eigenvalue weighted by atomic mass is 32.1. The quantitative estimate of drug-likeness (QED) is 0.715. The van der Waals surface area contributed by atoms with Gasteiger partial charge in [-0.1, -0.05) is 0 Å². The van der Waals surface area contributed by atoms with Crippen molar-refractivity contribution in [1.82, 2.24) is 10.2 Å². The van der Waals surface area contributed by atoms with Crippen molar-refractivity contribution < 1.29 is 19.2 Å². The van der Waals surface area contributed by atoms with E-state index in [1.54, 1.807) is 0 Å². The van der Waals surface area contributed by atoms with Gasteiger partial charge in [-0.05, 0) is 12.8 Å². The molecule has 0 radical (unpaired) electrons. The Morgan fingerprint density at radius 1 is 1.25 bits per heavy atom. The van der Waals surface area contributed by atoms with Gasteiger partial charge < -0.3 is 5.73 Å². The number of nitrogens with zero attached hydrogens (tertiary/aromatic N) is 1. The first-order valence-electron chi connectivity index (χ1n) is 6.09. The van der Waals surface area contributed by atoms with Crippen LogP contribution in [0.3, 0.4) is 0 Å². The molecule has 0 aliphatic carbocycles. The Labute approximate surface area is 117 Å². The Kier molecular flexibility index (Phi) is 2.82. The fourth-order valence-corrected chi connectivity index (χ4v) is 3.27. The van der Waals surface area contributed by atoms with Gasteiger partial charge in [0, 0.05) is 11.8 Å². The van der Waals surface area contributed by atoms with E-state index >= 15 is 0 Å². The smallest absolute Gasteiger partial charge is 0.265 e. The van der Waals surface area contributed by atoms with Crippen LogP contribution in [0.1, 0.15) is 40.0 Å². The summed E-state index contributed by atoms with van der Waals surface area (Å²) < 4.78 is 0. The van der Waals surface area contributed by atoms with Crippen LogP contribution in [-0.2, 0) is 9.59 Å². The fourth-order valence-electron chi connectivity index (χ4n) is 2.49. The maximum Gasteiger partial charge on any atom is 0.265 e. The lowest BCUT2D eigenvalue weighted by atomic mass is 10.1. The number of anilines is 1. The van der Waals surface area contributed by atoms with Crippen molar-refractivity contribution in [1.29, 1.82) is 0 Å². The maximum absolute atomic E-state index is 12.3. The van der Waals surface area contributed by atoms with Gasteiger partial charge >= 0.3 is 0 Å². The predicted molar refractivity (Wildman–Crippen MR) is 70.0 cm³/mol. The number of hydrogen-bond donors (Lipinski definition) is 2. The van der Waals surface area contributed by atoms with Crippen molar-refractivity contribution in [2.24, 2.45) is 0 Å². The molecule has 0 spiro atoms. The van der Waals surface area contributed by atoms with Crippen molar-refractivity contribution in [3.05, 3.63) is 16.5 Å². The monoisotopic (exact) mass is 293 g/mol. The zero-order valence-electron chi connectivity index (χ0n) is 10.3. The van der Waals surface area contributed by atoms with Crippen LogP contribution in [0.2, 0.25) is 0 Å². The van der Waals surface area contributed by atoms with E-state index in [-0.39, 0.29) is 34.9 Å². The molecule has 3 rings (SSSR count). The minimum Gasteiger partial charge on any atom is -0.390 e. The number of thiophene rings is 1. The maximum atomic E-state index is 12.3. The van der Waals surface area contributed by atoms with Gasteiger partial charge in [-0.15, -0.1) is 11.3 Å². The van der Waals surface area contributed by atoms with Crippen LogP contribution in [0, 0.1) is 0 Å². The van der Waals surface area contributed by atoms with E-state index in [0.717, 1.165) is 16.2 Å². The normalized spacial score (nSPS) is 22.8. The first-order chi connectivity index (χ1) is 9.50. The van der Waals surface area contributed by atoms with Gasteiger partial charge in [0.2, 0.25) is 11.8 Å². The van der Waals surface area contributed by atoms with E-state index in [0.29, 0.717) is 6.42 Å². The molecular weight excluding hydrogens is 282 g/mol. The summed E-state index contributed by atoms with van der Waals surface area (Å²) in [7, 11) is 0. The number of nitrogen functional groups attached to an aromatic ring is 1. The molecule has 104 valence electrons. The van der Waals surface area contributed by atoms with Crippen molar-refractivity contribution in [2.45, 2.75) is 25.3 Å². The second-order valence-electron chi connectivity index (χ2n) is 4.69. The lowest BCUT2D eigenvalue weighted by molar-refractivity contribution is -0.131. The molecule has 1 aromatic heterocycles. The number of rotatable bonds is 1. The lowest BCUT2D eigenvalue weighted by Crippen LogP contribution is -2.49. The van der Waals surface area contributed by atoms with E-state index < -0.39 is 23.8 Å². The van der Waals surface area contributed by atoms with E-state index in [1.165, 1.54) is 5.38 Å². The summed E-state index contributed by atoms with van der Waals surface area (Å²) in [6.45, 7) is 0. The molecule has 3 heterocycles. The van der Waals surface area contributed by atoms with Crippen molar-refractivity contribution >= 4 is 40.0 Å². The summed E-state index contributed by atoms with van der Waals surface area (Å²) in [5.41, 5.74) is 6.09.